The average Bonchev–Trinajstić information content (AvgIpc) is 2.99. The van der Waals surface area contributed by atoms with Crippen LogP contribution in [0.15, 0.2) is 30.6 Å². The van der Waals surface area contributed by atoms with Crippen LogP contribution in [-0.4, -0.2) is 13.2 Å². The Balaban J connectivity index is 2.10. The van der Waals surface area contributed by atoms with Crippen LogP contribution in [0, 0.1) is 0 Å². The molecular weight excluding hydrogens is 272 g/mol. The van der Waals surface area contributed by atoms with Gasteiger partial charge in [-0.15, -0.1) is 0 Å². The van der Waals surface area contributed by atoms with E-state index in [1.54, 1.807) is 7.11 Å². The molecule has 3 heteroatoms. The third-order valence-electron chi connectivity index (χ3n) is 4.27. The first-order chi connectivity index (χ1) is 10.6. The molecular formula is C19H30N2O. The van der Waals surface area contributed by atoms with Crippen LogP contribution in [0.25, 0.3) is 0 Å². The highest BCUT2D eigenvalue weighted by Crippen LogP contribution is 2.36. The lowest BCUT2D eigenvalue weighted by atomic mass is 9.91. The molecule has 1 saturated carbocycles. The highest BCUT2D eigenvalue weighted by Gasteiger charge is 2.20. The number of rotatable bonds is 8. The zero-order chi connectivity index (χ0) is 15.9. The molecule has 0 aliphatic heterocycles. The first-order valence-corrected chi connectivity index (χ1v) is 8.40. The second kappa shape index (κ2) is 8.23. The van der Waals surface area contributed by atoms with E-state index in [1.165, 1.54) is 42.4 Å². The molecule has 0 bridgehead atoms. The average molecular weight is 302 g/mol. The maximum atomic E-state index is 5.28. The molecule has 0 unspecified atom stereocenters. The van der Waals surface area contributed by atoms with Gasteiger partial charge in [0.15, 0.2) is 0 Å². The minimum Gasteiger partial charge on any atom is -0.380 e. The van der Waals surface area contributed by atoms with Crippen LogP contribution < -0.4 is 10.6 Å². The molecule has 1 aromatic carbocycles. The highest BCUT2D eigenvalue weighted by atomic mass is 16.5. The molecule has 1 aromatic rings. The molecule has 2 rings (SSSR count). The topological polar surface area (TPSA) is 33.3 Å². The lowest BCUT2D eigenvalue weighted by Crippen LogP contribution is -2.30. The molecule has 0 aromatic heterocycles. The number of nitrogens with one attached hydrogen (secondary N) is 2. The summed E-state index contributed by atoms with van der Waals surface area (Å²) in [6, 6.07) is 7.20. The lowest BCUT2D eigenvalue weighted by Gasteiger charge is -2.20. The number of benzene rings is 1. The summed E-state index contributed by atoms with van der Waals surface area (Å²) in [4.78, 5) is 0. The fourth-order valence-corrected chi connectivity index (χ4v) is 3.31. The predicted molar refractivity (Wildman–Crippen MR) is 92.6 cm³/mol. The molecule has 122 valence electrons. The van der Waals surface area contributed by atoms with Crippen molar-refractivity contribution in [3.05, 3.63) is 47.3 Å². The van der Waals surface area contributed by atoms with E-state index in [0.717, 1.165) is 18.3 Å². The molecule has 0 saturated heterocycles. The van der Waals surface area contributed by atoms with Crippen molar-refractivity contribution >= 4 is 0 Å². The van der Waals surface area contributed by atoms with Gasteiger partial charge in [0.05, 0.1) is 12.4 Å². The van der Waals surface area contributed by atoms with Gasteiger partial charge < -0.3 is 15.4 Å². The zero-order valence-corrected chi connectivity index (χ0v) is 14.2. The predicted octanol–water partition coefficient (Wildman–Crippen LogP) is 4.05. The van der Waals surface area contributed by atoms with E-state index in [1.807, 2.05) is 0 Å². The van der Waals surface area contributed by atoms with Crippen molar-refractivity contribution in [1.29, 1.82) is 0 Å². The van der Waals surface area contributed by atoms with Gasteiger partial charge in [-0.3, -0.25) is 0 Å². The molecule has 22 heavy (non-hydrogen) atoms. The third kappa shape index (κ3) is 4.77. The molecule has 1 aliphatic rings. The minimum absolute atomic E-state index is 0.397. The van der Waals surface area contributed by atoms with Crippen molar-refractivity contribution in [2.24, 2.45) is 0 Å². The van der Waals surface area contributed by atoms with Crippen LogP contribution in [0.3, 0.4) is 0 Å². The van der Waals surface area contributed by atoms with E-state index in [2.05, 4.69) is 49.3 Å². The number of hydrogen-bond donors (Lipinski definition) is 2. The molecule has 0 radical (unpaired) electrons. The summed E-state index contributed by atoms with van der Waals surface area (Å²) in [6.45, 7) is 9.78. The van der Waals surface area contributed by atoms with E-state index in [9.17, 15) is 0 Å². The second-order valence-corrected chi connectivity index (χ2v) is 6.58. The second-order valence-electron chi connectivity index (χ2n) is 6.58. The fourth-order valence-electron chi connectivity index (χ4n) is 3.31. The van der Waals surface area contributed by atoms with Gasteiger partial charge in [0.1, 0.15) is 0 Å². The van der Waals surface area contributed by atoms with Gasteiger partial charge in [0.2, 0.25) is 0 Å². The van der Waals surface area contributed by atoms with Gasteiger partial charge in [-0.2, -0.15) is 0 Å². The molecule has 3 nitrogen and oxygen atoms in total. The van der Waals surface area contributed by atoms with Gasteiger partial charge in [-0.25, -0.2) is 0 Å². The summed E-state index contributed by atoms with van der Waals surface area (Å²) in [5, 5.41) is 6.73. The van der Waals surface area contributed by atoms with Crippen LogP contribution in [-0.2, 0) is 17.9 Å². The smallest absolute Gasteiger partial charge is 0.0917 e. The molecule has 1 fully saturated rings. The lowest BCUT2D eigenvalue weighted by molar-refractivity contribution is 0.185. The first kappa shape index (κ1) is 16.9. The molecule has 0 spiro atoms. The van der Waals surface area contributed by atoms with Gasteiger partial charge in [-0.1, -0.05) is 37.6 Å². The summed E-state index contributed by atoms with van der Waals surface area (Å²) in [5.41, 5.74) is 4.12. The quantitative estimate of drug-likeness (QED) is 0.760. The summed E-state index contributed by atoms with van der Waals surface area (Å²) < 4.78 is 5.28. The van der Waals surface area contributed by atoms with Crippen molar-refractivity contribution in [2.75, 3.05) is 7.11 Å². The first-order valence-electron chi connectivity index (χ1n) is 8.40. The maximum absolute atomic E-state index is 5.28. The molecule has 2 N–H and O–H groups in total. The normalized spacial score (nSPS) is 15.3. The maximum Gasteiger partial charge on any atom is 0.0917 e. The Bertz CT molecular complexity index is 490. The number of ether oxygens (including phenoxy) is 1. The van der Waals surface area contributed by atoms with E-state index < -0.39 is 0 Å². The number of methoxy groups -OCH3 is 1. The Morgan fingerprint density at radius 1 is 1.32 bits per heavy atom. The SMILES string of the molecule is C=C(NCc1cc(COC)ccc1C1CCCC1)NC(C)C. The Labute approximate surface area is 135 Å². The highest BCUT2D eigenvalue weighted by molar-refractivity contribution is 5.35. The molecule has 0 atom stereocenters. The van der Waals surface area contributed by atoms with E-state index in [4.69, 9.17) is 4.74 Å². The third-order valence-corrected chi connectivity index (χ3v) is 4.27. The van der Waals surface area contributed by atoms with E-state index in [0.29, 0.717) is 12.6 Å². The Kier molecular flexibility index (Phi) is 6.32. The summed E-state index contributed by atoms with van der Waals surface area (Å²) in [7, 11) is 1.75. The monoisotopic (exact) mass is 302 g/mol. The van der Waals surface area contributed by atoms with E-state index in [-0.39, 0.29) is 0 Å². The van der Waals surface area contributed by atoms with E-state index >= 15 is 0 Å². The van der Waals surface area contributed by atoms with Crippen LogP contribution in [0.4, 0.5) is 0 Å². The van der Waals surface area contributed by atoms with Crippen molar-refractivity contribution in [1.82, 2.24) is 10.6 Å². The summed E-state index contributed by atoms with van der Waals surface area (Å²) in [5.74, 6) is 1.62. The zero-order valence-electron chi connectivity index (χ0n) is 14.2. The summed E-state index contributed by atoms with van der Waals surface area (Å²) in [6.07, 6.45) is 5.36. The van der Waals surface area contributed by atoms with Gasteiger partial charge in [-0.05, 0) is 49.3 Å². The van der Waals surface area contributed by atoms with Gasteiger partial charge in [0.25, 0.3) is 0 Å². The fraction of sp³-hybridized carbons (Fsp3) is 0.579. The Morgan fingerprint density at radius 3 is 2.68 bits per heavy atom. The Morgan fingerprint density at radius 2 is 2.05 bits per heavy atom. The van der Waals surface area contributed by atoms with Crippen molar-refractivity contribution in [2.45, 2.75) is 64.6 Å². The van der Waals surface area contributed by atoms with Gasteiger partial charge >= 0.3 is 0 Å². The standard InChI is InChI=1S/C19H30N2O/c1-14(2)21-15(3)20-12-18-11-16(13-22-4)9-10-19(18)17-7-5-6-8-17/h9-11,14,17,20-21H,3,5-8,12-13H2,1-2,4H3. The van der Waals surface area contributed by atoms with Crippen LogP contribution in [0.1, 0.15) is 62.1 Å². The minimum atomic E-state index is 0.397. The molecule has 1 aliphatic carbocycles. The van der Waals surface area contributed by atoms with Crippen molar-refractivity contribution in [3.63, 3.8) is 0 Å². The van der Waals surface area contributed by atoms with Gasteiger partial charge in [0, 0.05) is 19.7 Å². The molecule has 0 amide bonds. The summed E-state index contributed by atoms with van der Waals surface area (Å²) >= 11 is 0. The molecule has 0 heterocycles. The van der Waals surface area contributed by atoms with Crippen molar-refractivity contribution < 1.29 is 4.74 Å². The Hall–Kier alpha value is -1.48. The van der Waals surface area contributed by atoms with Crippen LogP contribution in [0.2, 0.25) is 0 Å². The van der Waals surface area contributed by atoms with Crippen LogP contribution >= 0.6 is 0 Å². The largest absolute Gasteiger partial charge is 0.380 e. The number of hydrogen-bond acceptors (Lipinski definition) is 3. The van der Waals surface area contributed by atoms with Crippen molar-refractivity contribution in [3.8, 4) is 0 Å². The van der Waals surface area contributed by atoms with Crippen LogP contribution in [0.5, 0.6) is 0 Å².